The Morgan fingerprint density at radius 3 is 1.35 bits per heavy atom. The van der Waals surface area contributed by atoms with Crippen molar-refractivity contribution in [3.05, 3.63) is 120 Å². The fourth-order valence-electron chi connectivity index (χ4n) is 3.76. The van der Waals surface area contributed by atoms with Crippen LogP contribution < -0.4 is 9.47 Å². The third kappa shape index (κ3) is 9.27. The topological polar surface area (TPSA) is 103 Å². The summed E-state index contributed by atoms with van der Waals surface area (Å²) in [5, 5.41) is 17.4. The summed E-state index contributed by atoms with van der Waals surface area (Å²) in [6, 6.07) is 23.4. The second kappa shape index (κ2) is 15.7. The summed E-state index contributed by atoms with van der Waals surface area (Å²) in [6.07, 6.45) is 10.1. The molecule has 2 aromatic heterocycles. The lowest BCUT2D eigenvalue weighted by atomic mass is 10.2. The number of aliphatic hydroxyl groups excluding tert-OH is 2. The van der Waals surface area contributed by atoms with Crippen molar-refractivity contribution in [2.24, 2.45) is 0 Å². The lowest BCUT2D eigenvalue weighted by Gasteiger charge is -2.07. The minimum absolute atomic E-state index is 0.304. The number of methoxy groups -OCH3 is 2. The van der Waals surface area contributed by atoms with E-state index in [1.54, 1.807) is 26.4 Å². The normalized spacial score (nSPS) is 10.9. The molecule has 0 saturated carbocycles. The number of hydrogen-bond donors (Lipinski definition) is 2. The van der Waals surface area contributed by atoms with E-state index in [1.807, 2.05) is 94.3 Å². The first kappa shape index (κ1) is 29.9. The van der Waals surface area contributed by atoms with E-state index in [0.29, 0.717) is 13.1 Å². The number of aliphatic hydroxyl groups is 2. The fraction of sp³-hybridized carbons (Fsp3) is 0.188. The Morgan fingerprint density at radius 1 is 0.650 bits per heavy atom. The predicted molar refractivity (Wildman–Crippen MR) is 155 cm³/mol. The molecule has 0 radical (unpaired) electrons. The molecule has 0 aliphatic carbocycles. The zero-order valence-electron chi connectivity index (χ0n) is 22.6. The number of nitrogens with zero attached hydrogens (tertiary/aromatic N) is 2. The lowest BCUT2D eigenvalue weighted by Crippen LogP contribution is -2.01. The van der Waals surface area contributed by atoms with Gasteiger partial charge in [-0.05, 0) is 84.0 Å². The van der Waals surface area contributed by atoms with Gasteiger partial charge in [0.25, 0.3) is 0 Å². The lowest BCUT2D eigenvalue weighted by molar-refractivity contribution is -0.117. The molecule has 2 heterocycles. The van der Waals surface area contributed by atoms with Crippen LogP contribution in [0.4, 0.5) is 0 Å². The summed E-state index contributed by atoms with van der Waals surface area (Å²) in [6.45, 7) is 0.499. The van der Waals surface area contributed by atoms with Crippen LogP contribution in [0.1, 0.15) is 22.5 Å². The van der Waals surface area contributed by atoms with Gasteiger partial charge in [-0.1, -0.05) is 24.3 Å². The van der Waals surface area contributed by atoms with E-state index >= 15 is 0 Å². The summed E-state index contributed by atoms with van der Waals surface area (Å²) in [5.41, 5.74) is 4.13. The minimum atomic E-state index is -0.463. The average molecular weight is 543 g/mol. The van der Waals surface area contributed by atoms with Crippen LogP contribution in [-0.2, 0) is 22.7 Å². The molecule has 0 bridgehead atoms. The summed E-state index contributed by atoms with van der Waals surface area (Å²) in [7, 11) is 3.28. The first-order valence-corrected chi connectivity index (χ1v) is 12.7. The summed E-state index contributed by atoms with van der Waals surface area (Å²) in [4.78, 5) is 22.2. The molecule has 0 unspecified atom stereocenters. The summed E-state index contributed by atoms with van der Waals surface area (Å²) in [5.74, 6) is 1.05. The first-order chi connectivity index (χ1) is 19.4. The summed E-state index contributed by atoms with van der Waals surface area (Å²) < 4.78 is 14.3. The Labute approximate surface area is 234 Å². The second-order valence-electron chi connectivity index (χ2n) is 8.73. The predicted octanol–water partition coefficient (Wildman–Crippen LogP) is 4.24. The third-order valence-electron chi connectivity index (χ3n) is 5.94. The number of aromatic nitrogens is 2. The largest absolute Gasteiger partial charge is 0.497 e. The second-order valence-corrected chi connectivity index (χ2v) is 8.73. The summed E-state index contributed by atoms with van der Waals surface area (Å²) >= 11 is 0. The number of carbonyl (C=O) groups excluding carboxylic acids is 2. The van der Waals surface area contributed by atoms with Gasteiger partial charge in [-0.2, -0.15) is 0 Å². The van der Waals surface area contributed by atoms with Gasteiger partial charge in [0.2, 0.25) is 0 Å². The number of rotatable bonds is 12. The van der Waals surface area contributed by atoms with Crippen molar-refractivity contribution in [3.63, 3.8) is 0 Å². The van der Waals surface area contributed by atoms with Gasteiger partial charge in [-0.25, -0.2) is 0 Å². The smallest absolute Gasteiger partial charge is 0.181 e. The van der Waals surface area contributed by atoms with Crippen LogP contribution in [0.25, 0.3) is 12.2 Å². The highest BCUT2D eigenvalue weighted by Crippen LogP contribution is 2.15. The SMILES string of the molecule is COc1ccc(Cn2cccc2/C=C/C(=O)CO)cc1.COc1ccc(Cn2cccc2/C=C/C(=O)CO)cc1. The molecule has 8 nitrogen and oxygen atoms in total. The molecule has 0 saturated heterocycles. The van der Waals surface area contributed by atoms with Crippen LogP contribution in [0.3, 0.4) is 0 Å². The van der Waals surface area contributed by atoms with Gasteiger partial charge >= 0.3 is 0 Å². The van der Waals surface area contributed by atoms with Gasteiger partial charge in [0.1, 0.15) is 24.7 Å². The molecule has 40 heavy (non-hydrogen) atoms. The van der Waals surface area contributed by atoms with E-state index in [4.69, 9.17) is 19.7 Å². The molecule has 0 spiro atoms. The van der Waals surface area contributed by atoms with E-state index in [0.717, 1.165) is 34.0 Å². The molecule has 208 valence electrons. The van der Waals surface area contributed by atoms with Crippen LogP contribution in [0, 0.1) is 0 Å². The Balaban J connectivity index is 0.000000220. The molecule has 4 aromatic rings. The van der Waals surface area contributed by atoms with Gasteiger partial charge in [0.15, 0.2) is 11.6 Å². The van der Waals surface area contributed by atoms with Crippen LogP contribution in [0.5, 0.6) is 11.5 Å². The molecule has 0 aliphatic heterocycles. The van der Waals surface area contributed by atoms with Crippen molar-refractivity contribution < 1.29 is 29.3 Å². The number of benzene rings is 2. The van der Waals surface area contributed by atoms with Crippen molar-refractivity contribution in [2.75, 3.05) is 27.4 Å². The van der Waals surface area contributed by atoms with Gasteiger partial charge in [-0.15, -0.1) is 0 Å². The highest BCUT2D eigenvalue weighted by molar-refractivity contribution is 5.94. The van der Waals surface area contributed by atoms with Gasteiger partial charge in [0.05, 0.1) is 14.2 Å². The Bertz CT molecular complexity index is 1300. The molecule has 8 heteroatoms. The van der Waals surface area contributed by atoms with Crippen LogP contribution in [0.15, 0.2) is 97.3 Å². The van der Waals surface area contributed by atoms with E-state index in [2.05, 4.69) is 0 Å². The molecule has 4 rings (SSSR count). The van der Waals surface area contributed by atoms with E-state index < -0.39 is 13.2 Å². The zero-order chi connectivity index (χ0) is 28.7. The van der Waals surface area contributed by atoms with Crippen LogP contribution >= 0.6 is 0 Å². The monoisotopic (exact) mass is 542 g/mol. The first-order valence-electron chi connectivity index (χ1n) is 12.7. The van der Waals surface area contributed by atoms with Gasteiger partial charge in [-0.3, -0.25) is 9.59 Å². The Morgan fingerprint density at radius 2 is 1.02 bits per heavy atom. The van der Waals surface area contributed by atoms with Gasteiger partial charge in [0, 0.05) is 36.9 Å². The molecular weight excluding hydrogens is 508 g/mol. The molecular formula is C32H34N2O6. The van der Waals surface area contributed by atoms with Crippen molar-refractivity contribution in [1.82, 2.24) is 9.13 Å². The van der Waals surface area contributed by atoms with Crippen molar-refractivity contribution in [2.45, 2.75) is 13.1 Å². The van der Waals surface area contributed by atoms with Gasteiger partial charge < -0.3 is 28.8 Å². The molecule has 2 N–H and O–H groups in total. The van der Waals surface area contributed by atoms with E-state index in [9.17, 15) is 9.59 Å². The maximum atomic E-state index is 11.1. The van der Waals surface area contributed by atoms with Crippen molar-refractivity contribution >= 4 is 23.7 Å². The van der Waals surface area contributed by atoms with E-state index in [-0.39, 0.29) is 11.6 Å². The third-order valence-corrected chi connectivity index (χ3v) is 5.94. The van der Waals surface area contributed by atoms with Crippen molar-refractivity contribution in [1.29, 1.82) is 0 Å². The standard InChI is InChI=1S/2C16H17NO3/c2*1-20-16-8-4-13(5-9-16)11-17-10-2-3-14(17)6-7-15(19)12-18/h2*2-10,18H,11-12H2,1H3/b2*7-6+. The number of carbonyl (C=O) groups is 2. The minimum Gasteiger partial charge on any atom is -0.497 e. The zero-order valence-corrected chi connectivity index (χ0v) is 22.6. The Hall–Kier alpha value is -4.66. The van der Waals surface area contributed by atoms with Crippen LogP contribution in [-0.4, -0.2) is 58.3 Å². The van der Waals surface area contributed by atoms with Crippen LogP contribution in [0.2, 0.25) is 0 Å². The molecule has 2 aromatic carbocycles. The fourth-order valence-corrected chi connectivity index (χ4v) is 3.76. The maximum absolute atomic E-state index is 11.1. The number of ketones is 2. The molecule has 0 fully saturated rings. The van der Waals surface area contributed by atoms with E-state index in [1.165, 1.54) is 12.2 Å². The molecule has 0 atom stereocenters. The quantitative estimate of drug-likeness (QED) is 0.260. The molecule has 0 amide bonds. The maximum Gasteiger partial charge on any atom is 0.181 e. The Kier molecular flexibility index (Phi) is 11.7. The highest BCUT2D eigenvalue weighted by atomic mass is 16.5. The number of hydrogen-bond acceptors (Lipinski definition) is 6. The highest BCUT2D eigenvalue weighted by Gasteiger charge is 2.02. The number of ether oxygens (including phenoxy) is 2. The van der Waals surface area contributed by atoms with Crippen molar-refractivity contribution in [3.8, 4) is 11.5 Å². The molecule has 0 aliphatic rings. The average Bonchev–Trinajstić information content (AvgIpc) is 3.64.